The average Bonchev–Trinajstić information content (AvgIpc) is 2.48. The van der Waals surface area contributed by atoms with Crippen molar-refractivity contribution in [3.05, 3.63) is 58.7 Å². The van der Waals surface area contributed by atoms with Gasteiger partial charge >= 0.3 is 0 Å². The highest BCUT2D eigenvalue weighted by Crippen LogP contribution is 2.22. The van der Waals surface area contributed by atoms with Crippen LogP contribution in [0.4, 0.5) is 0 Å². The van der Waals surface area contributed by atoms with E-state index in [0.29, 0.717) is 0 Å². The van der Waals surface area contributed by atoms with Gasteiger partial charge in [0.25, 0.3) is 0 Å². The number of aryl methyl sites for hydroxylation is 1. The van der Waals surface area contributed by atoms with Crippen LogP contribution < -0.4 is 0 Å². The number of rotatable bonds is 2. The van der Waals surface area contributed by atoms with E-state index in [4.69, 9.17) is 0 Å². The van der Waals surface area contributed by atoms with Crippen molar-refractivity contribution in [1.82, 2.24) is 0 Å². The van der Waals surface area contributed by atoms with Gasteiger partial charge in [-0.2, -0.15) is 0 Å². The van der Waals surface area contributed by atoms with Crippen LogP contribution in [0.25, 0.3) is 0 Å². The Labute approximate surface area is 120 Å². The van der Waals surface area contributed by atoms with Gasteiger partial charge in [0, 0.05) is 0 Å². The van der Waals surface area contributed by atoms with Crippen LogP contribution in [0.3, 0.4) is 0 Å². The van der Waals surface area contributed by atoms with Crippen LogP contribution in [0.1, 0.15) is 58.6 Å². The second kappa shape index (κ2) is 10.6. The molecule has 2 rings (SSSR count). The maximum absolute atomic E-state index is 2.30. The molecule has 0 N–H and O–H groups in total. The predicted octanol–water partition coefficient (Wildman–Crippen LogP) is 6.26. The molecule has 0 spiro atoms. The van der Waals surface area contributed by atoms with Crippen LogP contribution in [0, 0.1) is 6.92 Å². The first-order chi connectivity index (χ1) is 9.27. The number of benzene rings is 1. The highest BCUT2D eigenvalue weighted by Gasteiger charge is 2.06. The van der Waals surface area contributed by atoms with Crippen molar-refractivity contribution in [2.45, 2.75) is 60.8 Å². The third-order valence-electron chi connectivity index (χ3n) is 3.20. The van der Waals surface area contributed by atoms with Crippen molar-refractivity contribution >= 4 is 0 Å². The minimum Gasteiger partial charge on any atom is -0.0839 e. The largest absolute Gasteiger partial charge is 0.0839 e. The summed E-state index contributed by atoms with van der Waals surface area (Å²) in [5.41, 5.74) is 5.92. The summed E-state index contributed by atoms with van der Waals surface area (Å²) in [7, 11) is 0. The Hall–Kier alpha value is -1.30. The van der Waals surface area contributed by atoms with Crippen LogP contribution in [0.2, 0.25) is 0 Å². The fraction of sp³-hybridized carbons (Fsp3) is 0.474. The molecule has 0 amide bonds. The van der Waals surface area contributed by atoms with E-state index in [0.717, 1.165) is 6.42 Å². The molecule has 0 heterocycles. The zero-order valence-corrected chi connectivity index (χ0v) is 13.6. The van der Waals surface area contributed by atoms with E-state index in [1.165, 1.54) is 29.5 Å². The topological polar surface area (TPSA) is 0 Å². The number of hydrogen-bond donors (Lipinski definition) is 0. The summed E-state index contributed by atoms with van der Waals surface area (Å²) >= 11 is 0. The quantitative estimate of drug-likeness (QED) is 0.587. The van der Waals surface area contributed by atoms with Crippen LogP contribution in [0.5, 0.6) is 0 Å². The SMILES string of the molecule is CC.CC.CC1=C(Cc2ccccc2C)C=CCC1. The number of allylic oxidation sites excluding steroid dienone is 4. The van der Waals surface area contributed by atoms with Gasteiger partial charge in [-0.3, -0.25) is 0 Å². The molecule has 19 heavy (non-hydrogen) atoms. The molecule has 0 nitrogen and oxygen atoms in total. The van der Waals surface area contributed by atoms with E-state index in [1.807, 2.05) is 27.7 Å². The first kappa shape index (κ1) is 17.7. The maximum atomic E-state index is 2.30. The summed E-state index contributed by atoms with van der Waals surface area (Å²) in [4.78, 5) is 0. The molecule has 0 bridgehead atoms. The minimum atomic E-state index is 1.09. The van der Waals surface area contributed by atoms with E-state index >= 15 is 0 Å². The third-order valence-corrected chi connectivity index (χ3v) is 3.20. The fourth-order valence-electron chi connectivity index (χ4n) is 2.05. The Kier molecular flexibility index (Phi) is 9.88. The molecule has 1 aliphatic rings. The molecule has 0 aliphatic heterocycles. The zero-order chi connectivity index (χ0) is 14.7. The molecule has 106 valence electrons. The van der Waals surface area contributed by atoms with Gasteiger partial charge in [-0.1, -0.05) is 69.7 Å². The maximum Gasteiger partial charge on any atom is -0.00238 e. The number of hydrogen-bond acceptors (Lipinski definition) is 0. The highest BCUT2D eigenvalue weighted by molar-refractivity contribution is 5.37. The Morgan fingerprint density at radius 1 is 0.947 bits per heavy atom. The fourth-order valence-corrected chi connectivity index (χ4v) is 2.05. The lowest BCUT2D eigenvalue weighted by atomic mass is 9.92. The molecular formula is C19H30. The van der Waals surface area contributed by atoms with Crippen LogP contribution in [-0.2, 0) is 6.42 Å². The molecule has 0 saturated heterocycles. The lowest BCUT2D eigenvalue weighted by Gasteiger charge is -2.13. The Bertz CT molecular complexity index is 408. The smallest absolute Gasteiger partial charge is 0.00238 e. The third kappa shape index (κ3) is 5.92. The normalized spacial score (nSPS) is 13.2. The second-order valence-electron chi connectivity index (χ2n) is 4.35. The molecule has 0 atom stereocenters. The Balaban J connectivity index is 0.000000741. The summed E-state index contributed by atoms with van der Waals surface area (Å²) in [6, 6.07) is 8.66. The van der Waals surface area contributed by atoms with Gasteiger partial charge in [-0.25, -0.2) is 0 Å². The minimum absolute atomic E-state index is 1.09. The Morgan fingerprint density at radius 2 is 1.58 bits per heavy atom. The van der Waals surface area contributed by atoms with E-state index in [1.54, 1.807) is 5.57 Å². The van der Waals surface area contributed by atoms with E-state index < -0.39 is 0 Å². The summed E-state index contributed by atoms with van der Waals surface area (Å²) in [5, 5.41) is 0. The average molecular weight is 258 g/mol. The van der Waals surface area contributed by atoms with Crippen LogP contribution in [0.15, 0.2) is 47.6 Å². The molecule has 0 saturated carbocycles. The first-order valence-electron chi connectivity index (χ1n) is 7.67. The standard InChI is InChI=1S/C15H18.2C2H6/c1-12-7-3-5-9-14(12)11-15-10-6-4-8-13(15)2;2*1-2/h3,5-7,9-10H,4,8,11H2,1-2H3;2*1-2H3. The molecule has 1 aromatic rings. The molecule has 0 heteroatoms. The Morgan fingerprint density at radius 3 is 2.16 bits per heavy atom. The molecular weight excluding hydrogens is 228 g/mol. The molecule has 0 fully saturated rings. The highest BCUT2D eigenvalue weighted by atomic mass is 14.1. The second-order valence-corrected chi connectivity index (χ2v) is 4.35. The van der Waals surface area contributed by atoms with Gasteiger partial charge in [0.15, 0.2) is 0 Å². The zero-order valence-electron chi connectivity index (χ0n) is 13.6. The van der Waals surface area contributed by atoms with Crippen molar-refractivity contribution in [1.29, 1.82) is 0 Å². The summed E-state index contributed by atoms with van der Waals surface area (Å²) in [5.74, 6) is 0. The monoisotopic (exact) mass is 258 g/mol. The van der Waals surface area contributed by atoms with Gasteiger partial charge in [0.1, 0.15) is 0 Å². The summed E-state index contributed by atoms with van der Waals surface area (Å²) in [6.45, 7) is 12.5. The van der Waals surface area contributed by atoms with E-state index in [2.05, 4.69) is 50.3 Å². The molecule has 0 unspecified atom stereocenters. The van der Waals surface area contributed by atoms with Gasteiger partial charge in [0.05, 0.1) is 0 Å². The van der Waals surface area contributed by atoms with Gasteiger partial charge in [0.2, 0.25) is 0 Å². The van der Waals surface area contributed by atoms with Crippen LogP contribution in [-0.4, -0.2) is 0 Å². The summed E-state index contributed by atoms with van der Waals surface area (Å²) in [6.07, 6.45) is 8.13. The van der Waals surface area contributed by atoms with Crippen molar-refractivity contribution in [2.75, 3.05) is 0 Å². The van der Waals surface area contributed by atoms with Crippen molar-refractivity contribution in [3.63, 3.8) is 0 Å². The van der Waals surface area contributed by atoms with E-state index in [9.17, 15) is 0 Å². The molecule has 1 aromatic carbocycles. The van der Waals surface area contributed by atoms with Crippen molar-refractivity contribution < 1.29 is 0 Å². The molecule has 0 radical (unpaired) electrons. The molecule has 1 aliphatic carbocycles. The van der Waals surface area contributed by atoms with Crippen molar-refractivity contribution in [3.8, 4) is 0 Å². The van der Waals surface area contributed by atoms with Gasteiger partial charge in [-0.05, 0) is 49.8 Å². The van der Waals surface area contributed by atoms with Gasteiger partial charge in [-0.15, -0.1) is 0 Å². The first-order valence-corrected chi connectivity index (χ1v) is 7.67. The predicted molar refractivity (Wildman–Crippen MR) is 88.7 cm³/mol. The molecule has 0 aromatic heterocycles. The van der Waals surface area contributed by atoms with E-state index in [-0.39, 0.29) is 0 Å². The van der Waals surface area contributed by atoms with Crippen molar-refractivity contribution in [2.24, 2.45) is 0 Å². The lowest BCUT2D eigenvalue weighted by Crippen LogP contribution is -1.97. The lowest BCUT2D eigenvalue weighted by molar-refractivity contribution is 0.919. The van der Waals surface area contributed by atoms with Crippen LogP contribution >= 0.6 is 0 Å². The van der Waals surface area contributed by atoms with Gasteiger partial charge < -0.3 is 0 Å². The summed E-state index contributed by atoms with van der Waals surface area (Å²) < 4.78 is 0.